The molecule has 4 nitrogen and oxygen atoms in total. The molecule has 1 aliphatic carbocycles. The summed E-state index contributed by atoms with van der Waals surface area (Å²) in [5.74, 6) is -0.124. The van der Waals surface area contributed by atoms with Crippen molar-refractivity contribution < 1.29 is 9.59 Å². The number of rotatable bonds is 3. The van der Waals surface area contributed by atoms with Crippen molar-refractivity contribution in [3.05, 3.63) is 65.2 Å². The van der Waals surface area contributed by atoms with Crippen LogP contribution in [0.4, 0.5) is 10.5 Å². The lowest BCUT2D eigenvalue weighted by Gasteiger charge is -2.47. The molecule has 4 rings (SSSR count). The fourth-order valence-corrected chi connectivity index (χ4v) is 4.41. The van der Waals surface area contributed by atoms with E-state index in [1.54, 1.807) is 0 Å². The molecule has 27 heavy (non-hydrogen) atoms. The number of hydrogen-bond donors (Lipinski definition) is 0. The zero-order chi connectivity index (χ0) is 19.0. The Labute approximate surface area is 160 Å². The molecule has 3 amide bonds. The number of para-hydroxylation sites is 1. The fraction of sp³-hybridized carbons (Fsp3) is 0.391. The highest BCUT2D eigenvalue weighted by Crippen LogP contribution is 2.38. The minimum atomic E-state index is -0.182. The third kappa shape index (κ3) is 3.25. The van der Waals surface area contributed by atoms with Gasteiger partial charge in [0.2, 0.25) is 5.91 Å². The number of carbonyl (C=O) groups excluding carboxylic acids is 2. The molecular formula is C23H26N2O2. The molecule has 2 aliphatic rings. The summed E-state index contributed by atoms with van der Waals surface area (Å²) >= 11 is 0. The van der Waals surface area contributed by atoms with Crippen LogP contribution in [0.3, 0.4) is 0 Å². The maximum Gasteiger partial charge on any atom is 0.331 e. The van der Waals surface area contributed by atoms with Gasteiger partial charge >= 0.3 is 6.03 Å². The Morgan fingerprint density at radius 3 is 2.37 bits per heavy atom. The highest BCUT2D eigenvalue weighted by molar-refractivity contribution is 6.17. The largest absolute Gasteiger partial charge is 0.331 e. The molecule has 2 aromatic carbocycles. The van der Waals surface area contributed by atoms with E-state index >= 15 is 0 Å². The van der Waals surface area contributed by atoms with E-state index in [2.05, 4.69) is 31.2 Å². The number of nitrogens with zero attached hydrogens (tertiary/aromatic N) is 2. The van der Waals surface area contributed by atoms with Crippen molar-refractivity contribution in [1.29, 1.82) is 0 Å². The molecule has 1 heterocycles. The lowest BCUT2D eigenvalue weighted by Crippen LogP contribution is -2.62. The first-order valence-corrected chi connectivity index (χ1v) is 9.82. The molecule has 4 heteroatoms. The zero-order valence-electron chi connectivity index (χ0n) is 16.0. The molecule has 0 aromatic heterocycles. The van der Waals surface area contributed by atoms with Crippen LogP contribution in [0, 0.1) is 19.8 Å². The molecule has 0 N–H and O–H groups in total. The lowest BCUT2D eigenvalue weighted by molar-refractivity contribution is -0.126. The van der Waals surface area contributed by atoms with E-state index in [1.807, 2.05) is 36.1 Å². The van der Waals surface area contributed by atoms with Gasteiger partial charge in [0.15, 0.2) is 0 Å². The van der Waals surface area contributed by atoms with Crippen LogP contribution >= 0.6 is 0 Å². The number of urea groups is 1. The molecule has 1 saturated heterocycles. The van der Waals surface area contributed by atoms with Crippen LogP contribution in [0.15, 0.2) is 48.5 Å². The van der Waals surface area contributed by atoms with Crippen LogP contribution in [0.1, 0.15) is 42.4 Å². The van der Waals surface area contributed by atoms with Crippen molar-refractivity contribution in [2.75, 3.05) is 4.90 Å². The molecule has 2 fully saturated rings. The quantitative estimate of drug-likeness (QED) is 0.784. The van der Waals surface area contributed by atoms with Gasteiger partial charge in [0.25, 0.3) is 0 Å². The van der Waals surface area contributed by atoms with Crippen molar-refractivity contribution in [1.82, 2.24) is 4.90 Å². The minimum absolute atomic E-state index is 0.0142. The second-order valence-corrected chi connectivity index (χ2v) is 7.81. The predicted molar refractivity (Wildman–Crippen MR) is 107 cm³/mol. The fourth-order valence-electron chi connectivity index (χ4n) is 4.41. The second-order valence-electron chi connectivity index (χ2n) is 7.81. The number of hydrogen-bond acceptors (Lipinski definition) is 2. The summed E-state index contributed by atoms with van der Waals surface area (Å²) in [6.07, 6.45) is 3.91. The second kappa shape index (κ2) is 7.18. The van der Waals surface area contributed by atoms with Gasteiger partial charge in [-0.05, 0) is 43.9 Å². The lowest BCUT2D eigenvalue weighted by atomic mass is 9.80. The van der Waals surface area contributed by atoms with Gasteiger partial charge in [-0.3, -0.25) is 4.79 Å². The van der Waals surface area contributed by atoms with Crippen molar-refractivity contribution in [3.8, 4) is 0 Å². The topological polar surface area (TPSA) is 40.6 Å². The summed E-state index contributed by atoms with van der Waals surface area (Å²) in [5, 5.41) is 0. The summed E-state index contributed by atoms with van der Waals surface area (Å²) in [6, 6.07) is 15.8. The summed E-state index contributed by atoms with van der Waals surface area (Å²) in [5.41, 5.74) is 3.97. The van der Waals surface area contributed by atoms with Crippen LogP contribution in [0.25, 0.3) is 0 Å². The van der Waals surface area contributed by atoms with E-state index in [-0.39, 0.29) is 23.9 Å². The standard InChI is InChI=1S/C23H26N2O2/c1-16-11-13-18(14-12-16)15-24-21-10-6-4-8-19(21)22(26)25(23(24)27)20-9-5-3-7-17(20)2/h3,5,7,9,11-14,19,21H,4,6,8,10,15H2,1-2H3. The molecule has 2 atom stereocenters. The Hall–Kier alpha value is -2.62. The smallest absolute Gasteiger partial charge is 0.316 e. The van der Waals surface area contributed by atoms with E-state index in [4.69, 9.17) is 0 Å². The van der Waals surface area contributed by atoms with Crippen LogP contribution in [-0.4, -0.2) is 22.9 Å². The van der Waals surface area contributed by atoms with E-state index < -0.39 is 0 Å². The van der Waals surface area contributed by atoms with Gasteiger partial charge in [0, 0.05) is 12.6 Å². The number of carbonyl (C=O) groups is 2. The van der Waals surface area contributed by atoms with Gasteiger partial charge in [-0.25, -0.2) is 9.69 Å². The monoisotopic (exact) mass is 362 g/mol. The van der Waals surface area contributed by atoms with E-state index in [0.29, 0.717) is 12.2 Å². The Morgan fingerprint density at radius 1 is 0.926 bits per heavy atom. The molecule has 140 valence electrons. The Morgan fingerprint density at radius 2 is 1.63 bits per heavy atom. The van der Waals surface area contributed by atoms with E-state index in [0.717, 1.165) is 36.8 Å². The van der Waals surface area contributed by atoms with Crippen molar-refractivity contribution in [2.45, 2.75) is 52.1 Å². The van der Waals surface area contributed by atoms with Crippen LogP contribution in [0.5, 0.6) is 0 Å². The van der Waals surface area contributed by atoms with Gasteiger partial charge < -0.3 is 4.90 Å². The van der Waals surface area contributed by atoms with Crippen LogP contribution < -0.4 is 4.90 Å². The van der Waals surface area contributed by atoms with Gasteiger partial charge in [-0.2, -0.15) is 0 Å². The Kier molecular flexibility index (Phi) is 4.73. The van der Waals surface area contributed by atoms with E-state index in [9.17, 15) is 9.59 Å². The summed E-state index contributed by atoms with van der Waals surface area (Å²) in [7, 11) is 0. The van der Waals surface area contributed by atoms with Gasteiger partial charge in [-0.1, -0.05) is 60.9 Å². The van der Waals surface area contributed by atoms with Crippen molar-refractivity contribution in [2.24, 2.45) is 5.92 Å². The molecular weight excluding hydrogens is 336 g/mol. The molecule has 2 unspecified atom stereocenters. The zero-order valence-corrected chi connectivity index (χ0v) is 16.0. The minimum Gasteiger partial charge on any atom is -0.316 e. The third-order valence-corrected chi connectivity index (χ3v) is 5.93. The highest BCUT2D eigenvalue weighted by atomic mass is 16.2. The average Bonchev–Trinajstić information content (AvgIpc) is 2.68. The van der Waals surface area contributed by atoms with Crippen LogP contribution in [-0.2, 0) is 11.3 Å². The maximum absolute atomic E-state index is 13.4. The number of benzene rings is 2. The number of anilines is 1. The van der Waals surface area contributed by atoms with E-state index in [1.165, 1.54) is 10.5 Å². The summed E-state index contributed by atoms with van der Waals surface area (Å²) in [6.45, 7) is 4.56. The van der Waals surface area contributed by atoms with Crippen molar-refractivity contribution >= 4 is 17.6 Å². The van der Waals surface area contributed by atoms with Gasteiger partial charge in [-0.15, -0.1) is 0 Å². The predicted octanol–water partition coefficient (Wildman–Crippen LogP) is 4.83. The normalized spacial score (nSPS) is 22.7. The van der Waals surface area contributed by atoms with Gasteiger partial charge in [0.05, 0.1) is 11.6 Å². The molecule has 0 spiro atoms. The van der Waals surface area contributed by atoms with Crippen molar-refractivity contribution in [3.63, 3.8) is 0 Å². The van der Waals surface area contributed by atoms with Crippen LogP contribution in [0.2, 0.25) is 0 Å². The highest BCUT2D eigenvalue weighted by Gasteiger charge is 2.47. The Bertz CT molecular complexity index is 859. The first kappa shape index (κ1) is 17.8. The van der Waals surface area contributed by atoms with Gasteiger partial charge in [0.1, 0.15) is 0 Å². The molecule has 0 radical (unpaired) electrons. The number of aryl methyl sites for hydroxylation is 2. The number of amides is 3. The SMILES string of the molecule is Cc1ccc(CN2C(=O)N(c3ccccc3C)C(=O)C3CCCCC32)cc1. The molecule has 2 aromatic rings. The third-order valence-electron chi connectivity index (χ3n) is 5.93. The maximum atomic E-state index is 13.4. The first-order valence-electron chi connectivity index (χ1n) is 9.82. The number of fused-ring (bicyclic) bond motifs is 1. The summed E-state index contributed by atoms with van der Waals surface area (Å²) < 4.78 is 0. The Balaban J connectivity index is 1.71. The molecule has 0 bridgehead atoms. The first-order chi connectivity index (χ1) is 13.1. The number of imide groups is 1. The molecule has 1 saturated carbocycles. The molecule has 1 aliphatic heterocycles. The summed E-state index contributed by atoms with van der Waals surface area (Å²) in [4.78, 5) is 30.0. The average molecular weight is 362 g/mol.